The molecule has 1 aromatic rings. The molecular formula is C27H36. The molecule has 0 aromatic heterocycles. The fraction of sp³-hybridized carbons (Fsp3) is 0.407. The van der Waals surface area contributed by atoms with Gasteiger partial charge in [0.1, 0.15) is 0 Å². The van der Waals surface area contributed by atoms with Crippen molar-refractivity contribution in [3.63, 3.8) is 0 Å². The minimum absolute atomic E-state index is 0.588. The lowest BCUT2D eigenvalue weighted by Gasteiger charge is -2.17. The lowest BCUT2D eigenvalue weighted by Crippen LogP contribution is -1.99. The van der Waals surface area contributed by atoms with Crippen LogP contribution < -0.4 is 0 Å². The van der Waals surface area contributed by atoms with Gasteiger partial charge in [-0.3, -0.25) is 0 Å². The second kappa shape index (κ2) is 12.2. The maximum Gasteiger partial charge on any atom is 0.0242 e. The molecule has 0 bridgehead atoms. The standard InChI is InChI=1S/C27H36/c1-8-23-13-18-27(19-14-23)26(11-4)17-15-24(9-2)20-22(7)25(10-3)16-12-21(5)6/h1,12-14,16,18-20,26H,5,9-11,15,17H2,2-4,6-7H3/b16-12+,24-20+,25-22-. The van der Waals surface area contributed by atoms with Crippen LogP contribution in [0.3, 0.4) is 0 Å². The van der Waals surface area contributed by atoms with E-state index in [1.807, 2.05) is 6.92 Å². The highest BCUT2D eigenvalue weighted by molar-refractivity contribution is 5.37. The van der Waals surface area contributed by atoms with Crippen LogP contribution in [-0.4, -0.2) is 0 Å². The molecule has 1 atom stereocenters. The SMILES string of the molecule is C#Cc1ccc(C(CC)CC/C(=C/C(C)=C(\C=C\C(=C)C)CC)CC)cc1. The third-order valence-corrected chi connectivity index (χ3v) is 5.19. The predicted molar refractivity (Wildman–Crippen MR) is 122 cm³/mol. The van der Waals surface area contributed by atoms with Gasteiger partial charge in [-0.15, -0.1) is 6.42 Å². The van der Waals surface area contributed by atoms with Gasteiger partial charge in [-0.1, -0.05) is 74.8 Å². The monoisotopic (exact) mass is 360 g/mol. The Morgan fingerprint density at radius 3 is 2.22 bits per heavy atom. The average molecular weight is 361 g/mol. The second-order valence-corrected chi connectivity index (χ2v) is 7.31. The van der Waals surface area contributed by atoms with Gasteiger partial charge >= 0.3 is 0 Å². The van der Waals surface area contributed by atoms with Crippen molar-refractivity contribution in [3.05, 3.63) is 82.5 Å². The fourth-order valence-corrected chi connectivity index (χ4v) is 3.34. The van der Waals surface area contributed by atoms with Gasteiger partial charge in [0.25, 0.3) is 0 Å². The molecule has 0 aliphatic heterocycles. The van der Waals surface area contributed by atoms with E-state index < -0.39 is 0 Å². The van der Waals surface area contributed by atoms with Crippen molar-refractivity contribution in [3.8, 4) is 12.3 Å². The topological polar surface area (TPSA) is 0 Å². The number of hydrogen-bond donors (Lipinski definition) is 0. The molecule has 0 radical (unpaired) electrons. The van der Waals surface area contributed by atoms with Crippen molar-refractivity contribution in [2.24, 2.45) is 0 Å². The third kappa shape index (κ3) is 7.88. The zero-order chi connectivity index (χ0) is 20.2. The van der Waals surface area contributed by atoms with E-state index in [9.17, 15) is 0 Å². The molecule has 0 N–H and O–H groups in total. The molecule has 144 valence electrons. The highest BCUT2D eigenvalue weighted by atomic mass is 14.2. The van der Waals surface area contributed by atoms with E-state index in [0.29, 0.717) is 5.92 Å². The molecule has 0 aliphatic rings. The molecule has 1 unspecified atom stereocenters. The molecule has 0 saturated heterocycles. The maximum absolute atomic E-state index is 5.47. The molecule has 0 aliphatic carbocycles. The molecule has 0 heteroatoms. The van der Waals surface area contributed by atoms with Crippen molar-refractivity contribution in [2.45, 2.75) is 72.6 Å². The molecule has 0 heterocycles. The van der Waals surface area contributed by atoms with Gasteiger partial charge in [0.15, 0.2) is 0 Å². The summed E-state index contributed by atoms with van der Waals surface area (Å²) in [5.41, 5.74) is 7.74. The Labute approximate surface area is 167 Å². The zero-order valence-corrected chi connectivity index (χ0v) is 17.9. The predicted octanol–water partition coefficient (Wildman–Crippen LogP) is 8.14. The highest BCUT2D eigenvalue weighted by Crippen LogP contribution is 2.28. The normalized spacial score (nSPS) is 14.0. The van der Waals surface area contributed by atoms with E-state index in [2.05, 4.69) is 82.7 Å². The summed E-state index contributed by atoms with van der Waals surface area (Å²) in [5, 5.41) is 0. The summed E-state index contributed by atoms with van der Waals surface area (Å²) >= 11 is 0. The van der Waals surface area contributed by atoms with Gasteiger partial charge in [0.2, 0.25) is 0 Å². The molecule has 0 spiro atoms. The molecule has 1 aromatic carbocycles. The Morgan fingerprint density at radius 1 is 1.07 bits per heavy atom. The molecule has 0 amide bonds. The van der Waals surface area contributed by atoms with Crippen LogP contribution in [0.1, 0.15) is 83.8 Å². The van der Waals surface area contributed by atoms with Gasteiger partial charge in [-0.05, 0) is 80.7 Å². The van der Waals surface area contributed by atoms with E-state index in [1.54, 1.807) is 0 Å². The van der Waals surface area contributed by atoms with Crippen molar-refractivity contribution >= 4 is 0 Å². The lowest BCUT2D eigenvalue weighted by molar-refractivity contribution is 0.598. The van der Waals surface area contributed by atoms with Crippen molar-refractivity contribution < 1.29 is 0 Å². The van der Waals surface area contributed by atoms with Gasteiger partial charge in [-0.2, -0.15) is 0 Å². The Morgan fingerprint density at radius 2 is 1.74 bits per heavy atom. The zero-order valence-electron chi connectivity index (χ0n) is 17.9. The molecular weight excluding hydrogens is 324 g/mol. The summed E-state index contributed by atoms with van der Waals surface area (Å²) in [6.07, 6.45) is 17.8. The quantitative estimate of drug-likeness (QED) is 0.292. The first-order valence-electron chi connectivity index (χ1n) is 10.2. The van der Waals surface area contributed by atoms with Crippen LogP contribution >= 0.6 is 0 Å². The Bertz CT molecular complexity index is 729. The van der Waals surface area contributed by atoms with Crippen LogP contribution in [0, 0.1) is 12.3 Å². The largest absolute Gasteiger partial charge is 0.115 e. The van der Waals surface area contributed by atoms with E-state index in [-0.39, 0.29) is 0 Å². The first kappa shape index (κ1) is 22.8. The van der Waals surface area contributed by atoms with Crippen LogP contribution in [0.15, 0.2) is 71.4 Å². The van der Waals surface area contributed by atoms with Gasteiger partial charge in [0, 0.05) is 5.56 Å². The van der Waals surface area contributed by atoms with Gasteiger partial charge in [0.05, 0.1) is 0 Å². The van der Waals surface area contributed by atoms with Crippen molar-refractivity contribution in [1.82, 2.24) is 0 Å². The maximum atomic E-state index is 5.47. The summed E-state index contributed by atoms with van der Waals surface area (Å²) < 4.78 is 0. The lowest BCUT2D eigenvalue weighted by atomic mass is 9.88. The van der Waals surface area contributed by atoms with Gasteiger partial charge < -0.3 is 0 Å². The Hall–Kier alpha value is -2.26. The Kier molecular flexibility index (Phi) is 10.3. The first-order valence-corrected chi connectivity index (χ1v) is 10.2. The number of benzene rings is 1. The summed E-state index contributed by atoms with van der Waals surface area (Å²) in [7, 11) is 0. The number of allylic oxidation sites excluding steroid dienone is 7. The van der Waals surface area contributed by atoms with Crippen LogP contribution in [0.4, 0.5) is 0 Å². The molecule has 0 fully saturated rings. The molecule has 27 heavy (non-hydrogen) atoms. The minimum Gasteiger partial charge on any atom is -0.115 e. The van der Waals surface area contributed by atoms with E-state index in [1.165, 1.54) is 28.7 Å². The molecule has 0 saturated carbocycles. The number of hydrogen-bond acceptors (Lipinski definition) is 0. The minimum atomic E-state index is 0.588. The van der Waals surface area contributed by atoms with Gasteiger partial charge in [-0.25, -0.2) is 0 Å². The van der Waals surface area contributed by atoms with Crippen LogP contribution in [0.5, 0.6) is 0 Å². The first-order chi connectivity index (χ1) is 12.9. The van der Waals surface area contributed by atoms with Crippen LogP contribution in [-0.2, 0) is 0 Å². The van der Waals surface area contributed by atoms with E-state index in [4.69, 9.17) is 6.42 Å². The van der Waals surface area contributed by atoms with Crippen LogP contribution in [0.25, 0.3) is 0 Å². The summed E-state index contributed by atoms with van der Waals surface area (Å²) in [5.74, 6) is 3.29. The second-order valence-electron chi connectivity index (χ2n) is 7.31. The van der Waals surface area contributed by atoms with Crippen molar-refractivity contribution in [1.29, 1.82) is 0 Å². The highest BCUT2D eigenvalue weighted by Gasteiger charge is 2.10. The summed E-state index contributed by atoms with van der Waals surface area (Å²) in [4.78, 5) is 0. The Balaban J connectivity index is 2.90. The smallest absolute Gasteiger partial charge is 0.0242 e. The summed E-state index contributed by atoms with van der Waals surface area (Å²) in [6.45, 7) is 15.0. The third-order valence-electron chi connectivity index (χ3n) is 5.19. The molecule has 0 nitrogen and oxygen atoms in total. The van der Waals surface area contributed by atoms with E-state index >= 15 is 0 Å². The number of terminal acetylenes is 1. The molecule has 1 rings (SSSR count). The van der Waals surface area contributed by atoms with E-state index in [0.717, 1.165) is 36.8 Å². The number of rotatable bonds is 10. The summed E-state index contributed by atoms with van der Waals surface area (Å²) in [6, 6.07) is 8.51. The average Bonchev–Trinajstić information content (AvgIpc) is 2.68. The van der Waals surface area contributed by atoms with Crippen LogP contribution in [0.2, 0.25) is 0 Å². The van der Waals surface area contributed by atoms with Crippen molar-refractivity contribution in [2.75, 3.05) is 0 Å². The fourth-order valence-electron chi connectivity index (χ4n) is 3.34.